The molecule has 25 heavy (non-hydrogen) atoms. The van der Waals surface area contributed by atoms with Gasteiger partial charge in [0, 0.05) is 18.6 Å². The van der Waals surface area contributed by atoms with Crippen LogP contribution in [0.3, 0.4) is 0 Å². The molecule has 1 atom stereocenters. The van der Waals surface area contributed by atoms with E-state index in [2.05, 4.69) is 15.4 Å². The van der Waals surface area contributed by atoms with E-state index in [0.29, 0.717) is 19.6 Å². The first-order valence-electron chi connectivity index (χ1n) is 9.13. The van der Waals surface area contributed by atoms with E-state index in [1.807, 2.05) is 11.8 Å². The van der Waals surface area contributed by atoms with Crippen molar-refractivity contribution in [3.63, 3.8) is 0 Å². The number of hydrogen-bond acceptors (Lipinski definition) is 5. The second-order valence-corrected chi connectivity index (χ2v) is 6.65. The van der Waals surface area contributed by atoms with Crippen molar-refractivity contribution in [2.45, 2.75) is 70.0 Å². The Balaban J connectivity index is 1.72. The maximum Gasteiger partial charge on any atom is 0.407 e. The smallest absolute Gasteiger partial charge is 0.407 e. The predicted molar refractivity (Wildman–Crippen MR) is 91.1 cm³/mol. The van der Waals surface area contributed by atoms with E-state index >= 15 is 0 Å². The lowest BCUT2D eigenvalue weighted by Gasteiger charge is -2.34. The SMILES string of the molecule is CCCCOC(=O)NC1CCC(N2CC[C@H](NC(=O)OC)C2=O)CC1. The zero-order valence-corrected chi connectivity index (χ0v) is 15.1. The average Bonchev–Trinajstić information content (AvgIpc) is 2.96. The molecule has 0 aromatic heterocycles. The van der Waals surface area contributed by atoms with E-state index in [9.17, 15) is 14.4 Å². The van der Waals surface area contributed by atoms with Gasteiger partial charge in [0.15, 0.2) is 0 Å². The first-order chi connectivity index (χ1) is 12.0. The number of carbonyl (C=O) groups is 3. The van der Waals surface area contributed by atoms with Crippen LogP contribution in [0.1, 0.15) is 51.9 Å². The van der Waals surface area contributed by atoms with Crippen LogP contribution in [0.15, 0.2) is 0 Å². The third kappa shape index (κ3) is 5.51. The monoisotopic (exact) mass is 355 g/mol. The van der Waals surface area contributed by atoms with Gasteiger partial charge in [-0.05, 0) is 38.5 Å². The molecule has 1 aliphatic heterocycles. The van der Waals surface area contributed by atoms with Crippen molar-refractivity contribution in [3.8, 4) is 0 Å². The summed E-state index contributed by atoms with van der Waals surface area (Å²) < 4.78 is 9.68. The summed E-state index contributed by atoms with van der Waals surface area (Å²) in [6, 6.07) is -0.213. The number of amides is 3. The molecule has 0 radical (unpaired) electrons. The lowest BCUT2D eigenvalue weighted by Crippen LogP contribution is -2.47. The summed E-state index contributed by atoms with van der Waals surface area (Å²) in [4.78, 5) is 37.3. The van der Waals surface area contributed by atoms with Gasteiger partial charge in [-0.15, -0.1) is 0 Å². The molecule has 0 spiro atoms. The van der Waals surface area contributed by atoms with E-state index in [1.54, 1.807) is 0 Å². The average molecular weight is 355 g/mol. The molecule has 1 saturated heterocycles. The highest BCUT2D eigenvalue weighted by Gasteiger charge is 2.38. The van der Waals surface area contributed by atoms with Gasteiger partial charge in [0.2, 0.25) is 5.91 Å². The van der Waals surface area contributed by atoms with Crippen molar-refractivity contribution in [1.82, 2.24) is 15.5 Å². The Morgan fingerprint density at radius 3 is 2.48 bits per heavy atom. The van der Waals surface area contributed by atoms with Crippen molar-refractivity contribution in [2.24, 2.45) is 0 Å². The van der Waals surface area contributed by atoms with Gasteiger partial charge >= 0.3 is 12.2 Å². The van der Waals surface area contributed by atoms with Gasteiger partial charge in [-0.1, -0.05) is 13.3 Å². The van der Waals surface area contributed by atoms with Gasteiger partial charge in [-0.3, -0.25) is 4.79 Å². The largest absolute Gasteiger partial charge is 0.453 e. The summed E-state index contributed by atoms with van der Waals surface area (Å²) in [5, 5.41) is 5.49. The molecular weight excluding hydrogens is 326 g/mol. The zero-order valence-electron chi connectivity index (χ0n) is 15.1. The second kappa shape index (κ2) is 9.48. The molecule has 1 heterocycles. The molecule has 2 fully saturated rings. The zero-order chi connectivity index (χ0) is 18.2. The van der Waals surface area contributed by atoms with E-state index in [4.69, 9.17) is 4.74 Å². The Labute approximate surface area is 148 Å². The number of likely N-dealkylation sites (tertiary alicyclic amines) is 1. The third-order valence-electron chi connectivity index (χ3n) is 4.91. The Kier molecular flexibility index (Phi) is 7.33. The van der Waals surface area contributed by atoms with Crippen molar-refractivity contribution in [1.29, 1.82) is 0 Å². The number of nitrogens with one attached hydrogen (secondary N) is 2. The molecule has 1 saturated carbocycles. The van der Waals surface area contributed by atoms with Crippen molar-refractivity contribution >= 4 is 18.1 Å². The highest BCUT2D eigenvalue weighted by Crippen LogP contribution is 2.27. The van der Waals surface area contributed by atoms with Crippen molar-refractivity contribution < 1.29 is 23.9 Å². The van der Waals surface area contributed by atoms with Crippen LogP contribution in [0.5, 0.6) is 0 Å². The van der Waals surface area contributed by atoms with Crippen molar-refractivity contribution in [2.75, 3.05) is 20.3 Å². The molecule has 8 heteroatoms. The van der Waals surface area contributed by atoms with Crippen LogP contribution in [0, 0.1) is 0 Å². The quantitative estimate of drug-likeness (QED) is 0.708. The predicted octanol–water partition coefficient (Wildman–Crippen LogP) is 1.78. The van der Waals surface area contributed by atoms with E-state index < -0.39 is 12.1 Å². The molecule has 142 valence electrons. The van der Waals surface area contributed by atoms with E-state index in [0.717, 1.165) is 38.5 Å². The molecular formula is C17H29N3O5. The fraction of sp³-hybridized carbons (Fsp3) is 0.824. The maximum absolute atomic E-state index is 12.4. The minimum Gasteiger partial charge on any atom is -0.453 e. The topological polar surface area (TPSA) is 97.0 Å². The molecule has 0 bridgehead atoms. The van der Waals surface area contributed by atoms with Crippen molar-refractivity contribution in [3.05, 3.63) is 0 Å². The fourth-order valence-electron chi connectivity index (χ4n) is 3.45. The normalized spacial score (nSPS) is 26.2. The molecule has 2 aliphatic rings. The van der Waals surface area contributed by atoms with Crippen LogP contribution in [0.25, 0.3) is 0 Å². The first-order valence-corrected chi connectivity index (χ1v) is 9.13. The van der Waals surface area contributed by atoms with Crippen LogP contribution in [-0.4, -0.2) is 61.4 Å². The molecule has 2 N–H and O–H groups in total. The number of nitrogens with zero attached hydrogens (tertiary/aromatic N) is 1. The summed E-state index contributed by atoms with van der Waals surface area (Å²) in [5.41, 5.74) is 0. The molecule has 1 aliphatic carbocycles. The Bertz CT molecular complexity index is 477. The minimum atomic E-state index is -0.574. The molecule has 0 aromatic rings. The third-order valence-corrected chi connectivity index (χ3v) is 4.91. The van der Waals surface area contributed by atoms with Gasteiger partial charge in [0.25, 0.3) is 0 Å². The summed E-state index contributed by atoms with van der Waals surface area (Å²) in [7, 11) is 1.29. The number of alkyl carbamates (subject to hydrolysis) is 2. The number of methoxy groups -OCH3 is 1. The Morgan fingerprint density at radius 2 is 1.84 bits per heavy atom. The van der Waals surface area contributed by atoms with E-state index in [-0.39, 0.29) is 24.1 Å². The standard InChI is InChI=1S/C17H29N3O5/c1-3-4-11-25-17(23)18-12-5-7-13(8-6-12)20-10-9-14(15(20)21)19-16(22)24-2/h12-14H,3-11H2,1-2H3,(H,18,23)(H,19,22)/t12?,13?,14-/m0/s1. The lowest BCUT2D eigenvalue weighted by molar-refractivity contribution is -0.131. The number of rotatable bonds is 6. The Morgan fingerprint density at radius 1 is 1.12 bits per heavy atom. The van der Waals surface area contributed by atoms with Gasteiger partial charge in [-0.25, -0.2) is 9.59 Å². The van der Waals surface area contributed by atoms with Crippen LogP contribution in [0.2, 0.25) is 0 Å². The fourth-order valence-corrected chi connectivity index (χ4v) is 3.45. The highest BCUT2D eigenvalue weighted by molar-refractivity contribution is 5.87. The molecule has 0 unspecified atom stereocenters. The summed E-state index contributed by atoms with van der Waals surface area (Å²) in [5.74, 6) is -0.0409. The Hall–Kier alpha value is -1.99. The highest BCUT2D eigenvalue weighted by atomic mass is 16.5. The van der Waals surface area contributed by atoms with Crippen LogP contribution < -0.4 is 10.6 Å². The number of hydrogen-bond donors (Lipinski definition) is 2. The second-order valence-electron chi connectivity index (χ2n) is 6.65. The van der Waals surface area contributed by atoms with Crippen LogP contribution in [-0.2, 0) is 14.3 Å². The minimum absolute atomic E-state index is 0.0409. The maximum atomic E-state index is 12.4. The number of ether oxygens (including phenoxy) is 2. The molecule has 8 nitrogen and oxygen atoms in total. The summed E-state index contributed by atoms with van der Waals surface area (Å²) in [6.45, 7) is 3.15. The first kappa shape index (κ1) is 19.3. The number of carbonyl (C=O) groups excluding carboxylic acids is 3. The molecule has 2 rings (SSSR count). The van der Waals surface area contributed by atoms with Crippen LogP contribution >= 0.6 is 0 Å². The summed E-state index contributed by atoms with van der Waals surface area (Å²) >= 11 is 0. The van der Waals surface area contributed by atoms with Gasteiger partial charge < -0.3 is 25.0 Å². The van der Waals surface area contributed by atoms with E-state index in [1.165, 1.54) is 7.11 Å². The summed E-state index contributed by atoms with van der Waals surface area (Å²) in [6.07, 6.45) is 4.89. The lowest BCUT2D eigenvalue weighted by atomic mass is 9.90. The van der Waals surface area contributed by atoms with Gasteiger partial charge in [0.05, 0.1) is 13.7 Å². The number of unbranched alkanes of at least 4 members (excludes halogenated alkanes) is 1. The van der Waals surface area contributed by atoms with Crippen LogP contribution in [0.4, 0.5) is 9.59 Å². The van der Waals surface area contributed by atoms with Gasteiger partial charge in [-0.2, -0.15) is 0 Å². The molecule has 0 aromatic carbocycles. The molecule has 3 amide bonds. The van der Waals surface area contributed by atoms with Gasteiger partial charge in [0.1, 0.15) is 6.04 Å².